The second-order valence-corrected chi connectivity index (χ2v) is 8.56. The van der Waals surface area contributed by atoms with Gasteiger partial charge in [-0.15, -0.1) is 10.2 Å². The molecule has 1 heterocycles. The SMILES string of the molecule is Cc1ccc(C(C)C)c(OCCOc2ccc(/C=N/NC(=O)Cc3nnc(N)s3)cc2)c1. The van der Waals surface area contributed by atoms with Crippen LogP contribution in [-0.4, -0.2) is 35.5 Å². The minimum atomic E-state index is -0.286. The molecule has 8 nitrogen and oxygen atoms in total. The molecule has 3 rings (SSSR count). The number of rotatable bonds is 10. The first-order chi connectivity index (χ1) is 15.4. The molecule has 0 radical (unpaired) electrons. The number of nitrogen functional groups attached to an aromatic ring is 1. The van der Waals surface area contributed by atoms with Crippen molar-refractivity contribution in [3.63, 3.8) is 0 Å². The van der Waals surface area contributed by atoms with Crippen molar-refractivity contribution < 1.29 is 14.3 Å². The summed E-state index contributed by atoms with van der Waals surface area (Å²) >= 11 is 1.18. The zero-order chi connectivity index (χ0) is 22.9. The molecule has 1 amide bonds. The van der Waals surface area contributed by atoms with Crippen molar-refractivity contribution in [1.29, 1.82) is 0 Å². The van der Waals surface area contributed by atoms with E-state index in [1.807, 2.05) is 24.3 Å². The Balaban J connectivity index is 1.41. The third kappa shape index (κ3) is 7.05. The van der Waals surface area contributed by atoms with Crippen LogP contribution in [0.2, 0.25) is 0 Å². The van der Waals surface area contributed by atoms with Gasteiger partial charge in [0.25, 0.3) is 0 Å². The highest BCUT2D eigenvalue weighted by Crippen LogP contribution is 2.27. The Morgan fingerprint density at radius 1 is 1.16 bits per heavy atom. The average Bonchev–Trinajstić information content (AvgIpc) is 3.16. The number of ether oxygens (including phenoxy) is 2. The van der Waals surface area contributed by atoms with E-state index in [4.69, 9.17) is 15.2 Å². The lowest BCUT2D eigenvalue weighted by Gasteiger charge is -2.15. The summed E-state index contributed by atoms with van der Waals surface area (Å²) in [6.45, 7) is 7.25. The number of nitrogens with one attached hydrogen (secondary N) is 1. The van der Waals surface area contributed by atoms with Crippen LogP contribution in [-0.2, 0) is 11.2 Å². The minimum absolute atomic E-state index is 0.0856. The maximum absolute atomic E-state index is 11.8. The molecule has 168 valence electrons. The van der Waals surface area contributed by atoms with E-state index >= 15 is 0 Å². The summed E-state index contributed by atoms with van der Waals surface area (Å²) < 4.78 is 11.7. The molecule has 3 N–H and O–H groups in total. The highest BCUT2D eigenvalue weighted by molar-refractivity contribution is 7.15. The normalized spacial score (nSPS) is 11.1. The van der Waals surface area contributed by atoms with Gasteiger partial charge in [-0.05, 0) is 59.9 Å². The molecule has 0 fully saturated rings. The second kappa shape index (κ2) is 11.2. The van der Waals surface area contributed by atoms with Gasteiger partial charge in [0.05, 0.1) is 12.6 Å². The van der Waals surface area contributed by atoms with E-state index in [0.29, 0.717) is 29.3 Å². The first-order valence-electron chi connectivity index (χ1n) is 10.3. The Morgan fingerprint density at radius 2 is 1.91 bits per heavy atom. The summed E-state index contributed by atoms with van der Waals surface area (Å²) in [5.41, 5.74) is 11.1. The van der Waals surface area contributed by atoms with Gasteiger partial charge in [-0.2, -0.15) is 5.10 Å². The van der Waals surface area contributed by atoms with E-state index in [-0.39, 0.29) is 12.3 Å². The highest BCUT2D eigenvalue weighted by Gasteiger charge is 2.08. The van der Waals surface area contributed by atoms with Crippen LogP contribution < -0.4 is 20.6 Å². The van der Waals surface area contributed by atoms with Gasteiger partial charge in [0.15, 0.2) is 0 Å². The molecule has 0 spiro atoms. The molecule has 0 aliphatic carbocycles. The Labute approximate surface area is 191 Å². The van der Waals surface area contributed by atoms with E-state index in [1.54, 1.807) is 6.21 Å². The highest BCUT2D eigenvalue weighted by atomic mass is 32.1. The quantitative estimate of drug-likeness (QED) is 0.275. The molecular weight excluding hydrogens is 426 g/mol. The summed E-state index contributed by atoms with van der Waals surface area (Å²) in [5.74, 6) is 1.75. The van der Waals surface area contributed by atoms with Gasteiger partial charge in [-0.25, -0.2) is 5.43 Å². The van der Waals surface area contributed by atoms with Crippen LogP contribution in [0.4, 0.5) is 5.13 Å². The van der Waals surface area contributed by atoms with Gasteiger partial charge >= 0.3 is 0 Å². The minimum Gasteiger partial charge on any atom is -0.490 e. The Bertz CT molecular complexity index is 1060. The van der Waals surface area contributed by atoms with Crippen molar-refractivity contribution in [3.8, 4) is 11.5 Å². The number of nitrogens with zero attached hydrogens (tertiary/aromatic N) is 3. The number of aromatic nitrogens is 2. The maximum Gasteiger partial charge on any atom is 0.247 e. The monoisotopic (exact) mass is 453 g/mol. The molecule has 32 heavy (non-hydrogen) atoms. The topological polar surface area (TPSA) is 112 Å². The lowest BCUT2D eigenvalue weighted by Crippen LogP contribution is -2.19. The molecule has 0 unspecified atom stereocenters. The Morgan fingerprint density at radius 3 is 2.59 bits per heavy atom. The number of nitrogens with two attached hydrogens (primary N) is 1. The fraction of sp³-hybridized carbons (Fsp3) is 0.304. The van der Waals surface area contributed by atoms with Crippen molar-refractivity contribution >= 4 is 28.6 Å². The summed E-state index contributed by atoms with van der Waals surface area (Å²) in [6.07, 6.45) is 1.65. The lowest BCUT2D eigenvalue weighted by molar-refractivity contribution is -0.120. The number of hydrazone groups is 1. The number of amides is 1. The summed E-state index contributed by atoms with van der Waals surface area (Å²) in [6, 6.07) is 13.7. The molecular formula is C23H27N5O3S. The maximum atomic E-state index is 11.8. The van der Waals surface area contributed by atoms with Crippen molar-refractivity contribution in [2.75, 3.05) is 18.9 Å². The van der Waals surface area contributed by atoms with Crippen molar-refractivity contribution in [2.45, 2.75) is 33.1 Å². The van der Waals surface area contributed by atoms with E-state index < -0.39 is 0 Å². The van der Waals surface area contributed by atoms with Crippen LogP contribution in [0.15, 0.2) is 47.6 Å². The largest absolute Gasteiger partial charge is 0.490 e. The first kappa shape index (κ1) is 23.2. The Hall–Kier alpha value is -3.46. The number of hydrogen-bond acceptors (Lipinski definition) is 8. The van der Waals surface area contributed by atoms with E-state index in [2.05, 4.69) is 59.7 Å². The van der Waals surface area contributed by atoms with Crippen molar-refractivity contribution in [2.24, 2.45) is 5.10 Å². The number of benzene rings is 2. The van der Waals surface area contributed by atoms with Crippen LogP contribution in [0.1, 0.15) is 41.5 Å². The first-order valence-corrected chi connectivity index (χ1v) is 11.1. The number of carbonyl (C=O) groups excluding carboxylic acids is 1. The van der Waals surface area contributed by atoms with Crippen LogP contribution in [0.5, 0.6) is 11.5 Å². The molecule has 2 aromatic carbocycles. The average molecular weight is 454 g/mol. The molecule has 0 bridgehead atoms. The predicted molar refractivity (Wildman–Crippen MR) is 126 cm³/mol. The fourth-order valence-corrected chi connectivity index (χ4v) is 3.51. The summed E-state index contributed by atoms with van der Waals surface area (Å²) in [4.78, 5) is 11.8. The van der Waals surface area contributed by atoms with Gasteiger partial charge in [-0.3, -0.25) is 4.79 Å². The molecule has 0 saturated heterocycles. The molecule has 0 aliphatic heterocycles. The molecule has 0 atom stereocenters. The lowest BCUT2D eigenvalue weighted by atomic mass is 10.0. The zero-order valence-electron chi connectivity index (χ0n) is 18.4. The van der Waals surface area contributed by atoms with Gasteiger partial charge in [0, 0.05) is 0 Å². The third-order valence-corrected chi connectivity index (χ3v) is 5.23. The Kier molecular flexibility index (Phi) is 8.15. The summed E-state index contributed by atoms with van der Waals surface area (Å²) in [7, 11) is 0. The molecule has 1 aromatic heterocycles. The zero-order valence-corrected chi connectivity index (χ0v) is 19.2. The van der Waals surface area contributed by atoms with Gasteiger partial charge in [0.2, 0.25) is 11.0 Å². The number of carbonyl (C=O) groups is 1. The van der Waals surface area contributed by atoms with Gasteiger partial charge in [0.1, 0.15) is 29.7 Å². The van der Waals surface area contributed by atoms with Crippen LogP contribution >= 0.6 is 11.3 Å². The molecule has 3 aromatic rings. The predicted octanol–water partition coefficient (Wildman–Crippen LogP) is 3.70. The van der Waals surface area contributed by atoms with E-state index in [1.165, 1.54) is 22.5 Å². The van der Waals surface area contributed by atoms with Crippen molar-refractivity contribution in [3.05, 3.63) is 64.2 Å². The fourth-order valence-electron chi connectivity index (χ4n) is 2.90. The molecule has 0 aliphatic rings. The van der Waals surface area contributed by atoms with Crippen molar-refractivity contribution in [1.82, 2.24) is 15.6 Å². The van der Waals surface area contributed by atoms with Crippen LogP contribution in [0.25, 0.3) is 0 Å². The van der Waals surface area contributed by atoms with E-state index in [9.17, 15) is 4.79 Å². The number of hydrogen-bond donors (Lipinski definition) is 2. The van der Waals surface area contributed by atoms with Crippen LogP contribution in [0, 0.1) is 6.92 Å². The van der Waals surface area contributed by atoms with Gasteiger partial charge < -0.3 is 15.2 Å². The third-order valence-electron chi connectivity index (χ3n) is 4.48. The van der Waals surface area contributed by atoms with Gasteiger partial charge in [-0.1, -0.05) is 37.3 Å². The van der Waals surface area contributed by atoms with E-state index in [0.717, 1.165) is 17.1 Å². The standard InChI is InChI=1S/C23H27N5O3S/c1-15(2)19-9-4-16(3)12-20(19)31-11-10-30-18-7-5-17(6-8-18)14-25-26-21(29)13-22-27-28-23(24)32-22/h4-9,12,14-15H,10-11,13H2,1-3H3,(H2,24,28)(H,26,29)/b25-14+. The molecule has 0 saturated carbocycles. The summed E-state index contributed by atoms with van der Waals surface area (Å²) in [5, 5.41) is 12.3. The number of anilines is 1. The molecule has 9 heteroatoms. The van der Waals surface area contributed by atoms with Crippen LogP contribution in [0.3, 0.4) is 0 Å². The second-order valence-electron chi connectivity index (χ2n) is 7.47. The smallest absolute Gasteiger partial charge is 0.247 e. The number of aryl methyl sites for hydroxylation is 1.